The molecule has 0 bridgehead atoms. The molecule has 5 nitrogen and oxygen atoms in total. The topological polar surface area (TPSA) is 53.5 Å². The lowest BCUT2D eigenvalue weighted by atomic mass is 10.1. The molecule has 2 heterocycles. The number of carbonyl (C=O) groups excluding carboxylic acids is 2. The van der Waals surface area contributed by atoms with E-state index in [1.54, 1.807) is 11.1 Å². The lowest BCUT2D eigenvalue weighted by Crippen LogP contribution is -2.31. The van der Waals surface area contributed by atoms with Crippen molar-refractivity contribution >= 4 is 33.6 Å². The van der Waals surface area contributed by atoms with Gasteiger partial charge in [0.1, 0.15) is 5.82 Å². The molecule has 1 saturated heterocycles. The minimum Gasteiger partial charge on any atom is -0.338 e. The highest BCUT2D eigenvalue weighted by atomic mass is 79.9. The number of nitrogens with zero attached hydrogens (tertiary/aromatic N) is 3. The second-order valence-corrected chi connectivity index (χ2v) is 6.92. The summed E-state index contributed by atoms with van der Waals surface area (Å²) >= 11 is 3.35. The maximum atomic E-state index is 12.8. The van der Waals surface area contributed by atoms with Gasteiger partial charge in [-0.05, 0) is 59.1 Å². The Kier molecular flexibility index (Phi) is 5.48. The molecule has 2 aromatic rings. The van der Waals surface area contributed by atoms with E-state index in [1.165, 1.54) is 0 Å². The van der Waals surface area contributed by atoms with Gasteiger partial charge in [0, 0.05) is 42.3 Å². The summed E-state index contributed by atoms with van der Waals surface area (Å²) in [6.07, 6.45) is 3.25. The molecule has 0 spiro atoms. The molecular formula is C19H20BrN3O2. The van der Waals surface area contributed by atoms with Crippen molar-refractivity contribution in [2.24, 2.45) is 0 Å². The van der Waals surface area contributed by atoms with Gasteiger partial charge in [0.15, 0.2) is 0 Å². The number of pyridine rings is 1. The molecule has 0 aliphatic carbocycles. The van der Waals surface area contributed by atoms with E-state index < -0.39 is 0 Å². The first-order valence-corrected chi connectivity index (χ1v) is 9.18. The van der Waals surface area contributed by atoms with E-state index >= 15 is 0 Å². The van der Waals surface area contributed by atoms with Crippen LogP contribution in [0.4, 0.5) is 5.82 Å². The molecule has 130 valence electrons. The van der Waals surface area contributed by atoms with Gasteiger partial charge in [-0.3, -0.25) is 14.5 Å². The number of amides is 2. The van der Waals surface area contributed by atoms with E-state index in [9.17, 15) is 9.59 Å². The lowest BCUT2D eigenvalue weighted by molar-refractivity contribution is -0.128. The quantitative estimate of drug-likeness (QED) is 0.768. The lowest BCUT2D eigenvalue weighted by Gasteiger charge is -2.20. The van der Waals surface area contributed by atoms with E-state index in [-0.39, 0.29) is 11.8 Å². The molecule has 0 atom stereocenters. The molecule has 0 radical (unpaired) electrons. The van der Waals surface area contributed by atoms with Crippen LogP contribution < -0.4 is 4.90 Å². The minimum absolute atomic E-state index is 0.0823. The Morgan fingerprint density at radius 1 is 1.24 bits per heavy atom. The Labute approximate surface area is 155 Å². The monoisotopic (exact) mass is 401 g/mol. The summed E-state index contributed by atoms with van der Waals surface area (Å²) < 4.78 is 0.876. The van der Waals surface area contributed by atoms with Crippen molar-refractivity contribution in [1.29, 1.82) is 0 Å². The molecule has 1 aromatic carbocycles. The number of rotatable bonds is 5. The van der Waals surface area contributed by atoms with Crippen molar-refractivity contribution in [3.05, 3.63) is 58.2 Å². The zero-order valence-corrected chi connectivity index (χ0v) is 15.7. The predicted molar refractivity (Wildman–Crippen MR) is 100 cm³/mol. The fraction of sp³-hybridized carbons (Fsp3) is 0.316. The Hall–Kier alpha value is -2.21. The van der Waals surface area contributed by atoms with E-state index in [0.29, 0.717) is 30.9 Å². The normalized spacial score (nSPS) is 14.0. The number of likely N-dealkylation sites (tertiary alicyclic amines) is 1. The number of halogens is 1. The maximum absolute atomic E-state index is 12.8. The third-order valence-corrected chi connectivity index (χ3v) is 4.76. The van der Waals surface area contributed by atoms with Gasteiger partial charge >= 0.3 is 0 Å². The van der Waals surface area contributed by atoms with Crippen molar-refractivity contribution in [3.63, 3.8) is 0 Å². The Morgan fingerprint density at radius 3 is 2.56 bits per heavy atom. The molecule has 1 aliphatic rings. The second-order valence-electron chi connectivity index (χ2n) is 6.00. The van der Waals surface area contributed by atoms with Crippen LogP contribution in [0.2, 0.25) is 0 Å². The van der Waals surface area contributed by atoms with Crippen molar-refractivity contribution in [2.75, 3.05) is 18.0 Å². The molecule has 3 rings (SSSR count). The minimum atomic E-state index is -0.0823. The van der Waals surface area contributed by atoms with Gasteiger partial charge < -0.3 is 4.90 Å². The standard InChI is InChI=1S/C19H20BrN3O2/c1-2-23(17-10-9-16(20)12-21-17)19(25)15-7-5-14(6-8-15)13-22-11-3-4-18(22)24/h5-10,12H,2-4,11,13H2,1H3. The van der Waals surface area contributed by atoms with Gasteiger partial charge in [0.05, 0.1) is 0 Å². The number of benzene rings is 1. The summed E-state index contributed by atoms with van der Waals surface area (Å²) in [6, 6.07) is 11.2. The summed E-state index contributed by atoms with van der Waals surface area (Å²) in [7, 11) is 0. The molecule has 1 aliphatic heterocycles. The molecule has 0 N–H and O–H groups in total. The molecule has 0 unspecified atom stereocenters. The summed E-state index contributed by atoms with van der Waals surface area (Å²) in [5.74, 6) is 0.752. The molecule has 2 amide bonds. The fourth-order valence-electron chi connectivity index (χ4n) is 2.94. The van der Waals surface area contributed by atoms with Crippen LogP contribution in [0.25, 0.3) is 0 Å². The van der Waals surface area contributed by atoms with Crippen molar-refractivity contribution in [3.8, 4) is 0 Å². The largest absolute Gasteiger partial charge is 0.338 e. The first-order chi connectivity index (χ1) is 12.1. The molecular weight excluding hydrogens is 382 g/mol. The maximum Gasteiger partial charge on any atom is 0.259 e. The predicted octanol–water partition coefficient (Wildman–Crippen LogP) is 3.63. The Balaban J connectivity index is 1.72. The van der Waals surface area contributed by atoms with E-state index in [1.807, 2.05) is 48.2 Å². The molecule has 6 heteroatoms. The fourth-order valence-corrected chi connectivity index (χ4v) is 3.17. The van der Waals surface area contributed by atoms with Crippen LogP contribution >= 0.6 is 15.9 Å². The smallest absolute Gasteiger partial charge is 0.259 e. The highest BCUT2D eigenvalue weighted by molar-refractivity contribution is 9.10. The number of anilines is 1. The zero-order chi connectivity index (χ0) is 17.8. The zero-order valence-electron chi connectivity index (χ0n) is 14.1. The van der Waals surface area contributed by atoms with Crippen molar-refractivity contribution < 1.29 is 9.59 Å². The van der Waals surface area contributed by atoms with Gasteiger partial charge in [0.25, 0.3) is 5.91 Å². The Bertz CT molecular complexity index is 759. The van der Waals surface area contributed by atoms with Crippen LogP contribution in [-0.4, -0.2) is 34.8 Å². The van der Waals surface area contributed by atoms with Crippen LogP contribution in [0.5, 0.6) is 0 Å². The van der Waals surface area contributed by atoms with Gasteiger partial charge in [-0.2, -0.15) is 0 Å². The van der Waals surface area contributed by atoms with Crippen LogP contribution in [0.3, 0.4) is 0 Å². The molecule has 1 fully saturated rings. The summed E-state index contributed by atoms with van der Waals surface area (Å²) in [6.45, 7) is 3.89. The van der Waals surface area contributed by atoms with Crippen molar-refractivity contribution in [2.45, 2.75) is 26.3 Å². The average molecular weight is 402 g/mol. The third-order valence-electron chi connectivity index (χ3n) is 4.30. The summed E-state index contributed by atoms with van der Waals surface area (Å²) in [4.78, 5) is 32.3. The molecule has 0 saturated carbocycles. The highest BCUT2D eigenvalue weighted by Gasteiger charge is 2.21. The van der Waals surface area contributed by atoms with Crippen LogP contribution in [0.15, 0.2) is 47.1 Å². The van der Waals surface area contributed by atoms with Gasteiger partial charge in [-0.1, -0.05) is 12.1 Å². The third kappa shape index (κ3) is 4.07. The number of aromatic nitrogens is 1. The van der Waals surface area contributed by atoms with E-state index in [2.05, 4.69) is 20.9 Å². The molecule has 25 heavy (non-hydrogen) atoms. The van der Waals surface area contributed by atoms with Gasteiger partial charge in [-0.25, -0.2) is 4.98 Å². The summed E-state index contributed by atoms with van der Waals surface area (Å²) in [5.41, 5.74) is 1.65. The van der Waals surface area contributed by atoms with Crippen molar-refractivity contribution in [1.82, 2.24) is 9.88 Å². The number of hydrogen-bond donors (Lipinski definition) is 0. The second kappa shape index (κ2) is 7.78. The summed E-state index contributed by atoms with van der Waals surface area (Å²) in [5, 5.41) is 0. The molecule has 1 aromatic heterocycles. The van der Waals surface area contributed by atoms with Gasteiger partial charge in [-0.15, -0.1) is 0 Å². The van der Waals surface area contributed by atoms with E-state index in [4.69, 9.17) is 0 Å². The first kappa shape index (κ1) is 17.6. The average Bonchev–Trinajstić information content (AvgIpc) is 3.02. The Morgan fingerprint density at radius 2 is 2.00 bits per heavy atom. The van der Waals surface area contributed by atoms with Crippen LogP contribution in [-0.2, 0) is 11.3 Å². The van der Waals surface area contributed by atoms with Gasteiger partial charge in [0.2, 0.25) is 5.91 Å². The SMILES string of the molecule is CCN(C(=O)c1ccc(CN2CCCC2=O)cc1)c1ccc(Br)cn1. The highest BCUT2D eigenvalue weighted by Crippen LogP contribution is 2.19. The van der Waals surface area contributed by atoms with Crippen LogP contribution in [0, 0.1) is 0 Å². The number of hydrogen-bond acceptors (Lipinski definition) is 3. The first-order valence-electron chi connectivity index (χ1n) is 8.38. The number of carbonyl (C=O) groups is 2. The van der Waals surface area contributed by atoms with E-state index in [0.717, 1.165) is 23.0 Å². The van der Waals surface area contributed by atoms with Crippen LogP contribution in [0.1, 0.15) is 35.7 Å².